The quantitative estimate of drug-likeness (QED) is 0.751. The smallest absolute Gasteiger partial charge is 0.171 e. The molecule has 0 unspecified atom stereocenters. The molecule has 0 N–H and O–H groups in total. The Kier molecular flexibility index (Phi) is 4.99. The standard InChI is InChI=1S/C14H20N4O/c1-2-12-19-13-4-3-6-16-14(13)18-10-8-17(7-5-15)9-11-18/h3-4,6H,2,7-12H2,1H3. The van der Waals surface area contributed by atoms with Crippen molar-refractivity contribution < 1.29 is 4.74 Å². The van der Waals surface area contributed by atoms with Gasteiger partial charge >= 0.3 is 0 Å². The van der Waals surface area contributed by atoms with Gasteiger partial charge in [0.05, 0.1) is 19.2 Å². The average Bonchev–Trinajstić information content (AvgIpc) is 2.47. The van der Waals surface area contributed by atoms with Crippen molar-refractivity contribution in [2.45, 2.75) is 13.3 Å². The second kappa shape index (κ2) is 6.95. The minimum Gasteiger partial charge on any atom is -0.490 e. The van der Waals surface area contributed by atoms with Gasteiger partial charge in [-0.1, -0.05) is 6.92 Å². The highest BCUT2D eigenvalue weighted by atomic mass is 16.5. The van der Waals surface area contributed by atoms with Gasteiger partial charge in [0.25, 0.3) is 0 Å². The number of ether oxygens (including phenoxy) is 1. The zero-order valence-corrected chi connectivity index (χ0v) is 11.4. The van der Waals surface area contributed by atoms with E-state index in [2.05, 4.69) is 27.8 Å². The van der Waals surface area contributed by atoms with E-state index in [0.717, 1.165) is 44.2 Å². The van der Waals surface area contributed by atoms with Crippen LogP contribution in [-0.2, 0) is 0 Å². The SMILES string of the molecule is CCCOc1cccnc1N1CCN(CC#N)CC1. The van der Waals surface area contributed by atoms with Crippen LogP contribution in [0.15, 0.2) is 18.3 Å². The van der Waals surface area contributed by atoms with E-state index >= 15 is 0 Å². The molecule has 2 heterocycles. The third-order valence-corrected chi connectivity index (χ3v) is 3.18. The van der Waals surface area contributed by atoms with Gasteiger partial charge in [-0.3, -0.25) is 4.90 Å². The van der Waals surface area contributed by atoms with Crippen molar-refractivity contribution in [3.05, 3.63) is 18.3 Å². The Hall–Kier alpha value is -1.80. The molecule has 5 heteroatoms. The molecule has 0 amide bonds. The van der Waals surface area contributed by atoms with Gasteiger partial charge in [-0.05, 0) is 18.6 Å². The first-order valence-electron chi connectivity index (χ1n) is 6.77. The van der Waals surface area contributed by atoms with Crippen molar-refractivity contribution in [2.75, 3.05) is 44.2 Å². The van der Waals surface area contributed by atoms with Gasteiger partial charge in [0, 0.05) is 32.4 Å². The second-order valence-corrected chi connectivity index (χ2v) is 4.59. The highest BCUT2D eigenvalue weighted by Gasteiger charge is 2.20. The molecule has 1 aliphatic rings. The molecule has 1 aromatic heterocycles. The van der Waals surface area contributed by atoms with Crippen LogP contribution in [0.4, 0.5) is 5.82 Å². The van der Waals surface area contributed by atoms with Crippen LogP contribution in [0.2, 0.25) is 0 Å². The van der Waals surface area contributed by atoms with Crippen LogP contribution in [-0.4, -0.2) is 49.2 Å². The Morgan fingerprint density at radius 2 is 2.16 bits per heavy atom. The Morgan fingerprint density at radius 1 is 1.37 bits per heavy atom. The summed E-state index contributed by atoms with van der Waals surface area (Å²) in [6.45, 7) is 6.90. The number of aromatic nitrogens is 1. The summed E-state index contributed by atoms with van der Waals surface area (Å²) in [6.07, 6.45) is 2.79. The number of pyridine rings is 1. The number of rotatable bonds is 5. The van der Waals surface area contributed by atoms with Gasteiger partial charge in [-0.15, -0.1) is 0 Å². The predicted octanol–water partition coefficient (Wildman–Crippen LogP) is 1.52. The van der Waals surface area contributed by atoms with Crippen molar-refractivity contribution in [2.24, 2.45) is 0 Å². The first-order chi connectivity index (χ1) is 9.35. The molecule has 0 radical (unpaired) electrons. The van der Waals surface area contributed by atoms with Crippen molar-refractivity contribution in [3.8, 4) is 11.8 Å². The molecule has 0 aromatic carbocycles. The molecule has 1 aromatic rings. The number of hydrogen-bond acceptors (Lipinski definition) is 5. The zero-order valence-electron chi connectivity index (χ0n) is 11.4. The average molecular weight is 260 g/mol. The Labute approximate surface area is 114 Å². The molecule has 1 fully saturated rings. The van der Waals surface area contributed by atoms with Crippen molar-refractivity contribution in [1.29, 1.82) is 5.26 Å². The third kappa shape index (κ3) is 3.58. The maximum absolute atomic E-state index is 8.71. The molecule has 102 valence electrons. The summed E-state index contributed by atoms with van der Waals surface area (Å²) in [5, 5.41) is 8.71. The maximum Gasteiger partial charge on any atom is 0.171 e. The molecule has 1 aliphatic heterocycles. The van der Waals surface area contributed by atoms with Crippen LogP contribution >= 0.6 is 0 Å². The lowest BCUT2D eigenvalue weighted by Gasteiger charge is -2.34. The molecular weight excluding hydrogens is 240 g/mol. The Balaban J connectivity index is 2.00. The minimum atomic E-state index is 0.509. The minimum absolute atomic E-state index is 0.509. The van der Waals surface area contributed by atoms with Gasteiger partial charge in [0.2, 0.25) is 0 Å². The fourth-order valence-corrected chi connectivity index (χ4v) is 2.16. The lowest BCUT2D eigenvalue weighted by Crippen LogP contribution is -2.46. The largest absolute Gasteiger partial charge is 0.490 e. The molecule has 0 spiro atoms. The number of piperazine rings is 1. The van der Waals surface area contributed by atoms with E-state index in [0.29, 0.717) is 13.2 Å². The molecule has 5 nitrogen and oxygen atoms in total. The van der Waals surface area contributed by atoms with Crippen molar-refractivity contribution in [1.82, 2.24) is 9.88 Å². The summed E-state index contributed by atoms with van der Waals surface area (Å²) in [6, 6.07) is 6.07. The van der Waals surface area contributed by atoms with Crippen LogP contribution in [0.1, 0.15) is 13.3 Å². The van der Waals surface area contributed by atoms with E-state index in [1.807, 2.05) is 12.1 Å². The molecule has 0 saturated carbocycles. The topological polar surface area (TPSA) is 52.4 Å². The van der Waals surface area contributed by atoms with Crippen LogP contribution in [0, 0.1) is 11.3 Å². The molecule has 0 atom stereocenters. The monoisotopic (exact) mass is 260 g/mol. The van der Waals surface area contributed by atoms with E-state index in [9.17, 15) is 0 Å². The highest BCUT2D eigenvalue weighted by Crippen LogP contribution is 2.26. The molecule has 0 aliphatic carbocycles. The van der Waals surface area contributed by atoms with Crippen molar-refractivity contribution in [3.63, 3.8) is 0 Å². The van der Waals surface area contributed by atoms with Gasteiger partial charge < -0.3 is 9.64 Å². The van der Waals surface area contributed by atoms with Gasteiger partial charge in [-0.2, -0.15) is 5.26 Å². The molecule has 0 bridgehead atoms. The Morgan fingerprint density at radius 3 is 2.84 bits per heavy atom. The van der Waals surface area contributed by atoms with Gasteiger partial charge in [-0.25, -0.2) is 4.98 Å². The highest BCUT2D eigenvalue weighted by molar-refractivity contribution is 5.52. The summed E-state index contributed by atoms with van der Waals surface area (Å²) in [4.78, 5) is 8.84. The summed E-state index contributed by atoms with van der Waals surface area (Å²) in [7, 11) is 0. The summed E-state index contributed by atoms with van der Waals surface area (Å²) >= 11 is 0. The summed E-state index contributed by atoms with van der Waals surface area (Å²) < 4.78 is 5.74. The second-order valence-electron chi connectivity index (χ2n) is 4.59. The van der Waals surface area contributed by atoms with E-state index in [1.165, 1.54) is 0 Å². The van der Waals surface area contributed by atoms with E-state index in [-0.39, 0.29) is 0 Å². The Bertz CT molecular complexity index is 435. The summed E-state index contributed by atoms with van der Waals surface area (Å²) in [5.41, 5.74) is 0. The molecule has 1 saturated heterocycles. The lowest BCUT2D eigenvalue weighted by molar-refractivity contribution is 0.281. The van der Waals surface area contributed by atoms with Crippen molar-refractivity contribution >= 4 is 5.82 Å². The van der Waals surface area contributed by atoms with E-state index < -0.39 is 0 Å². The number of hydrogen-bond donors (Lipinski definition) is 0. The summed E-state index contributed by atoms with van der Waals surface area (Å²) in [5.74, 6) is 1.78. The maximum atomic E-state index is 8.71. The zero-order chi connectivity index (χ0) is 13.5. The van der Waals surface area contributed by atoms with E-state index in [4.69, 9.17) is 10.00 Å². The fourth-order valence-electron chi connectivity index (χ4n) is 2.16. The number of nitriles is 1. The van der Waals surface area contributed by atoms with Gasteiger partial charge in [0.15, 0.2) is 11.6 Å². The van der Waals surface area contributed by atoms with E-state index in [1.54, 1.807) is 6.20 Å². The first-order valence-corrected chi connectivity index (χ1v) is 6.77. The first kappa shape index (κ1) is 13.6. The normalized spacial score (nSPS) is 16.1. The lowest BCUT2D eigenvalue weighted by atomic mass is 10.3. The predicted molar refractivity (Wildman–Crippen MR) is 74.3 cm³/mol. The third-order valence-electron chi connectivity index (χ3n) is 3.18. The van der Waals surface area contributed by atoms with Crippen LogP contribution < -0.4 is 9.64 Å². The van der Waals surface area contributed by atoms with Crippen LogP contribution in [0.5, 0.6) is 5.75 Å². The molecule has 19 heavy (non-hydrogen) atoms. The van der Waals surface area contributed by atoms with Gasteiger partial charge in [0.1, 0.15) is 0 Å². The molecule has 2 rings (SSSR count). The number of anilines is 1. The van der Waals surface area contributed by atoms with Crippen LogP contribution in [0.3, 0.4) is 0 Å². The fraction of sp³-hybridized carbons (Fsp3) is 0.571. The number of nitrogens with zero attached hydrogens (tertiary/aromatic N) is 4. The molecular formula is C14H20N4O. The van der Waals surface area contributed by atoms with Crippen LogP contribution in [0.25, 0.3) is 0 Å².